The Kier molecular flexibility index (Phi) is 5.63. The van der Waals surface area contributed by atoms with Crippen LogP contribution in [-0.4, -0.2) is 29.2 Å². The van der Waals surface area contributed by atoms with Gasteiger partial charge in [0.05, 0.1) is 12.7 Å². The van der Waals surface area contributed by atoms with Crippen molar-refractivity contribution in [1.82, 2.24) is 10.2 Å². The van der Waals surface area contributed by atoms with E-state index in [4.69, 9.17) is 16.3 Å². The van der Waals surface area contributed by atoms with E-state index in [1.165, 1.54) is 7.11 Å². The number of hydrogen-bond acceptors (Lipinski definition) is 6. The van der Waals surface area contributed by atoms with E-state index in [2.05, 4.69) is 20.8 Å². The van der Waals surface area contributed by atoms with Crippen LogP contribution in [0.4, 0.5) is 17.3 Å². The maximum atomic E-state index is 12.2. The van der Waals surface area contributed by atoms with Crippen molar-refractivity contribution in [1.29, 1.82) is 0 Å². The lowest BCUT2D eigenvalue weighted by Crippen LogP contribution is -2.13. The van der Waals surface area contributed by atoms with Crippen LogP contribution >= 0.6 is 11.6 Å². The van der Waals surface area contributed by atoms with Crippen molar-refractivity contribution in [3.8, 4) is 0 Å². The monoisotopic (exact) mass is 382 g/mol. The number of hydrogen-bond donors (Lipinski definition) is 2. The second-order valence-corrected chi connectivity index (χ2v) is 5.90. The molecule has 2 aromatic carbocycles. The molecule has 27 heavy (non-hydrogen) atoms. The van der Waals surface area contributed by atoms with E-state index < -0.39 is 5.97 Å². The van der Waals surface area contributed by atoms with Crippen LogP contribution in [0.15, 0.2) is 60.7 Å². The zero-order valence-corrected chi connectivity index (χ0v) is 15.0. The van der Waals surface area contributed by atoms with Gasteiger partial charge in [0.15, 0.2) is 11.6 Å². The SMILES string of the molecule is COC(=O)c1cccc(Nc2ccc(NC(=O)c3cccc(Cl)c3)nn2)c1. The van der Waals surface area contributed by atoms with Crippen LogP contribution in [0.3, 0.4) is 0 Å². The van der Waals surface area contributed by atoms with Crippen molar-refractivity contribution < 1.29 is 14.3 Å². The van der Waals surface area contributed by atoms with Gasteiger partial charge in [-0.15, -0.1) is 10.2 Å². The highest BCUT2D eigenvalue weighted by Crippen LogP contribution is 2.17. The van der Waals surface area contributed by atoms with Crippen LogP contribution in [0, 0.1) is 0 Å². The van der Waals surface area contributed by atoms with Gasteiger partial charge in [0, 0.05) is 16.3 Å². The first-order chi connectivity index (χ1) is 13.0. The van der Waals surface area contributed by atoms with Gasteiger partial charge in [0.2, 0.25) is 0 Å². The molecule has 0 radical (unpaired) electrons. The molecular formula is C19H15ClN4O3. The number of anilines is 3. The summed E-state index contributed by atoms with van der Waals surface area (Å²) in [6.07, 6.45) is 0. The Morgan fingerprint density at radius 1 is 0.926 bits per heavy atom. The molecule has 0 aliphatic heterocycles. The molecule has 0 bridgehead atoms. The molecule has 8 heteroatoms. The summed E-state index contributed by atoms with van der Waals surface area (Å²) in [5, 5.41) is 14.1. The Morgan fingerprint density at radius 3 is 2.33 bits per heavy atom. The average molecular weight is 383 g/mol. The molecule has 0 unspecified atom stereocenters. The first kappa shape index (κ1) is 18.3. The van der Waals surface area contributed by atoms with E-state index in [0.717, 1.165) is 0 Å². The lowest BCUT2D eigenvalue weighted by Gasteiger charge is -2.08. The number of benzene rings is 2. The molecule has 0 aliphatic rings. The quantitative estimate of drug-likeness (QED) is 0.650. The van der Waals surface area contributed by atoms with Crippen LogP contribution in [0.5, 0.6) is 0 Å². The van der Waals surface area contributed by atoms with Gasteiger partial charge in [-0.05, 0) is 48.5 Å². The van der Waals surface area contributed by atoms with Crippen LogP contribution < -0.4 is 10.6 Å². The summed E-state index contributed by atoms with van der Waals surface area (Å²) in [5.74, 6) is -0.00583. The van der Waals surface area contributed by atoms with Crippen molar-refractivity contribution >= 4 is 40.8 Å². The Labute approximate surface area is 160 Å². The van der Waals surface area contributed by atoms with E-state index in [1.54, 1.807) is 60.7 Å². The van der Waals surface area contributed by atoms with Crippen molar-refractivity contribution in [3.05, 3.63) is 76.8 Å². The van der Waals surface area contributed by atoms with Crippen molar-refractivity contribution in [2.75, 3.05) is 17.7 Å². The zero-order chi connectivity index (χ0) is 19.2. The van der Waals surface area contributed by atoms with Crippen molar-refractivity contribution in [2.45, 2.75) is 0 Å². The summed E-state index contributed by atoms with van der Waals surface area (Å²) in [4.78, 5) is 23.8. The molecule has 2 N–H and O–H groups in total. The molecule has 0 fully saturated rings. The zero-order valence-electron chi connectivity index (χ0n) is 14.3. The van der Waals surface area contributed by atoms with Gasteiger partial charge in [-0.2, -0.15) is 0 Å². The molecule has 1 heterocycles. The first-order valence-electron chi connectivity index (χ1n) is 7.91. The molecular weight excluding hydrogens is 368 g/mol. The number of aromatic nitrogens is 2. The average Bonchev–Trinajstić information content (AvgIpc) is 2.69. The highest BCUT2D eigenvalue weighted by molar-refractivity contribution is 6.31. The summed E-state index contributed by atoms with van der Waals surface area (Å²) >= 11 is 5.88. The summed E-state index contributed by atoms with van der Waals surface area (Å²) in [6, 6.07) is 16.7. The molecule has 0 atom stereocenters. The summed E-state index contributed by atoms with van der Waals surface area (Å²) < 4.78 is 4.69. The Hall–Kier alpha value is -3.45. The molecule has 1 aromatic heterocycles. The predicted molar refractivity (Wildman–Crippen MR) is 103 cm³/mol. The number of nitrogens with zero attached hydrogens (tertiary/aromatic N) is 2. The van der Waals surface area contributed by atoms with Crippen molar-refractivity contribution in [3.63, 3.8) is 0 Å². The molecule has 3 aromatic rings. The minimum Gasteiger partial charge on any atom is -0.465 e. The maximum absolute atomic E-state index is 12.2. The van der Waals surface area contributed by atoms with Gasteiger partial charge in [0.1, 0.15) is 0 Å². The minimum atomic E-state index is -0.427. The molecule has 0 aliphatic carbocycles. The second kappa shape index (κ2) is 8.29. The van der Waals surface area contributed by atoms with E-state index in [0.29, 0.717) is 33.5 Å². The van der Waals surface area contributed by atoms with Gasteiger partial charge >= 0.3 is 5.97 Å². The molecule has 0 saturated heterocycles. The standard InChI is InChI=1S/C19H15ClN4O3/c1-27-19(26)13-5-3-7-15(11-13)21-16-8-9-17(24-23-16)22-18(25)12-4-2-6-14(20)10-12/h2-11H,1H3,(H,21,23)(H,22,24,25). The minimum absolute atomic E-state index is 0.300. The fraction of sp³-hybridized carbons (Fsp3) is 0.0526. The number of ether oxygens (including phenoxy) is 1. The smallest absolute Gasteiger partial charge is 0.337 e. The number of nitrogens with one attached hydrogen (secondary N) is 2. The van der Waals surface area contributed by atoms with E-state index in [-0.39, 0.29) is 5.91 Å². The fourth-order valence-electron chi connectivity index (χ4n) is 2.27. The third kappa shape index (κ3) is 4.80. The molecule has 1 amide bonds. The highest BCUT2D eigenvalue weighted by Gasteiger charge is 2.09. The molecule has 3 rings (SSSR count). The second-order valence-electron chi connectivity index (χ2n) is 5.47. The lowest BCUT2D eigenvalue weighted by molar-refractivity contribution is 0.0600. The number of carbonyl (C=O) groups excluding carboxylic acids is 2. The number of esters is 1. The molecule has 0 saturated carbocycles. The van der Waals surface area contributed by atoms with Crippen LogP contribution in [0.25, 0.3) is 0 Å². The van der Waals surface area contributed by atoms with E-state index in [1.807, 2.05) is 0 Å². The molecule has 0 spiro atoms. The lowest BCUT2D eigenvalue weighted by atomic mass is 10.2. The Balaban J connectivity index is 1.67. The van der Waals surface area contributed by atoms with E-state index >= 15 is 0 Å². The normalized spacial score (nSPS) is 10.1. The maximum Gasteiger partial charge on any atom is 0.337 e. The van der Waals surface area contributed by atoms with Gasteiger partial charge in [-0.1, -0.05) is 23.7 Å². The van der Waals surface area contributed by atoms with Gasteiger partial charge in [0.25, 0.3) is 5.91 Å². The third-order valence-corrected chi connectivity index (χ3v) is 3.78. The first-order valence-corrected chi connectivity index (χ1v) is 8.29. The number of methoxy groups -OCH3 is 1. The third-order valence-electron chi connectivity index (χ3n) is 3.55. The topological polar surface area (TPSA) is 93.2 Å². The fourth-order valence-corrected chi connectivity index (χ4v) is 2.46. The van der Waals surface area contributed by atoms with Gasteiger partial charge < -0.3 is 15.4 Å². The summed E-state index contributed by atoms with van der Waals surface area (Å²) in [6.45, 7) is 0. The largest absolute Gasteiger partial charge is 0.465 e. The Bertz CT molecular complexity index is 977. The van der Waals surface area contributed by atoms with Gasteiger partial charge in [-0.25, -0.2) is 4.79 Å². The molecule has 7 nitrogen and oxygen atoms in total. The Morgan fingerprint density at radius 2 is 1.63 bits per heavy atom. The number of halogens is 1. The van der Waals surface area contributed by atoms with Crippen LogP contribution in [0.1, 0.15) is 20.7 Å². The van der Waals surface area contributed by atoms with Gasteiger partial charge in [-0.3, -0.25) is 4.79 Å². The number of amides is 1. The number of rotatable bonds is 5. The predicted octanol–water partition coefficient (Wildman–Crippen LogP) is 3.91. The highest BCUT2D eigenvalue weighted by atomic mass is 35.5. The summed E-state index contributed by atoms with van der Waals surface area (Å²) in [7, 11) is 1.32. The number of carbonyl (C=O) groups is 2. The summed E-state index contributed by atoms with van der Waals surface area (Å²) in [5.41, 5.74) is 1.50. The molecule has 136 valence electrons. The van der Waals surface area contributed by atoms with Crippen molar-refractivity contribution in [2.24, 2.45) is 0 Å². The van der Waals surface area contributed by atoms with Crippen LogP contribution in [-0.2, 0) is 4.74 Å². The van der Waals surface area contributed by atoms with E-state index in [9.17, 15) is 9.59 Å². The van der Waals surface area contributed by atoms with Crippen LogP contribution in [0.2, 0.25) is 5.02 Å².